The van der Waals surface area contributed by atoms with Crippen LogP contribution < -0.4 is 21.7 Å². The zero-order valence-corrected chi connectivity index (χ0v) is 23.7. The molecule has 0 bridgehead atoms. The third-order valence-electron chi connectivity index (χ3n) is 7.32. The number of aliphatic hydroxyl groups excluding tert-OH is 2. The van der Waals surface area contributed by atoms with Crippen molar-refractivity contribution >= 4 is 35.8 Å². The molecule has 212 valence electrons. The van der Waals surface area contributed by atoms with Crippen molar-refractivity contribution in [3.05, 3.63) is 77.3 Å². The van der Waals surface area contributed by atoms with Gasteiger partial charge < -0.3 is 29.8 Å². The predicted octanol–water partition coefficient (Wildman–Crippen LogP) is 0.914. The van der Waals surface area contributed by atoms with Gasteiger partial charge in [-0.1, -0.05) is 81.4 Å². The molecular weight excluding hydrogens is 530 g/mol. The lowest BCUT2D eigenvalue weighted by molar-refractivity contribution is -0.0756. The number of nitrogens with one attached hydrogen (secondary N) is 1. The average molecular weight is 566 g/mol. The van der Waals surface area contributed by atoms with Crippen LogP contribution in [0.4, 0.5) is 5.95 Å². The van der Waals surface area contributed by atoms with E-state index in [1.54, 1.807) is 0 Å². The molecule has 0 amide bonds. The van der Waals surface area contributed by atoms with Crippen molar-refractivity contribution in [2.75, 3.05) is 25.6 Å². The number of rotatable bonds is 9. The van der Waals surface area contributed by atoms with Gasteiger partial charge in [-0.3, -0.25) is 14.3 Å². The third kappa shape index (κ3) is 4.98. The number of nitrogens with zero attached hydrogens (tertiary/aromatic N) is 3. The minimum Gasteiger partial charge on any atom is -0.405 e. The van der Waals surface area contributed by atoms with Gasteiger partial charge in [-0.15, -0.1) is 0 Å². The van der Waals surface area contributed by atoms with Crippen LogP contribution >= 0.6 is 0 Å². The lowest BCUT2D eigenvalue weighted by Crippen LogP contribution is -2.67. The molecule has 40 heavy (non-hydrogen) atoms. The van der Waals surface area contributed by atoms with Crippen LogP contribution in [0.2, 0.25) is 5.04 Å². The number of aromatic amines is 1. The van der Waals surface area contributed by atoms with Gasteiger partial charge in [0.1, 0.15) is 18.3 Å². The molecule has 5 rings (SSSR count). The maximum absolute atomic E-state index is 12.4. The Labute approximate surface area is 232 Å². The summed E-state index contributed by atoms with van der Waals surface area (Å²) < 4.78 is 20.7. The fraction of sp³-hybridized carbons (Fsp3) is 0.393. The molecule has 1 saturated heterocycles. The number of benzene rings is 2. The predicted molar refractivity (Wildman–Crippen MR) is 153 cm³/mol. The fourth-order valence-electron chi connectivity index (χ4n) is 5.55. The zero-order chi connectivity index (χ0) is 28.5. The molecule has 0 aliphatic carbocycles. The number of hydrogen-bond acceptors (Lipinski definition) is 9. The van der Waals surface area contributed by atoms with E-state index in [9.17, 15) is 15.0 Å². The highest BCUT2D eigenvalue weighted by Gasteiger charge is 2.52. The number of anilines is 1. The van der Waals surface area contributed by atoms with Crippen LogP contribution in [-0.4, -0.2) is 76.2 Å². The second-order valence-electron chi connectivity index (χ2n) is 10.9. The Hall–Kier alpha value is -3.39. The Bertz CT molecular complexity index is 1450. The molecule has 0 spiro atoms. The molecule has 4 aromatic rings. The molecule has 1 aliphatic heterocycles. The Kier molecular flexibility index (Phi) is 7.91. The molecule has 1 fully saturated rings. The molecule has 2 aromatic heterocycles. The number of nitrogen functional groups attached to an aromatic ring is 1. The summed E-state index contributed by atoms with van der Waals surface area (Å²) in [5.41, 5.74) is 5.59. The molecule has 0 saturated carbocycles. The third-order valence-corrected chi connectivity index (χ3v) is 12.3. The van der Waals surface area contributed by atoms with Gasteiger partial charge in [-0.05, 0) is 15.4 Å². The summed E-state index contributed by atoms with van der Waals surface area (Å²) in [7, 11) is -2.91. The monoisotopic (exact) mass is 565 g/mol. The first-order chi connectivity index (χ1) is 19.2. The number of aromatic nitrogens is 4. The van der Waals surface area contributed by atoms with Crippen molar-refractivity contribution in [2.45, 2.75) is 50.3 Å². The van der Waals surface area contributed by atoms with Gasteiger partial charge in [0.2, 0.25) is 5.95 Å². The molecule has 0 radical (unpaired) electrons. The SMILES string of the molecule is CC(C)(C)[Si](OC[C@H]1O[C@@H](n2cnc3c(=O)[nH]c(N)nc32)C(OCCO)C1O)(c1ccccc1)c1ccccc1. The highest BCUT2D eigenvalue weighted by Crippen LogP contribution is 2.39. The van der Waals surface area contributed by atoms with Gasteiger partial charge in [0.15, 0.2) is 17.4 Å². The first-order valence-corrected chi connectivity index (χ1v) is 15.1. The Balaban J connectivity index is 1.52. The van der Waals surface area contributed by atoms with Crippen molar-refractivity contribution in [2.24, 2.45) is 0 Å². The summed E-state index contributed by atoms with van der Waals surface area (Å²) >= 11 is 0. The number of hydrogen-bond donors (Lipinski definition) is 4. The normalized spacial score (nSPS) is 21.7. The highest BCUT2D eigenvalue weighted by molar-refractivity contribution is 6.99. The van der Waals surface area contributed by atoms with Gasteiger partial charge >= 0.3 is 0 Å². The van der Waals surface area contributed by atoms with Gasteiger partial charge in [0.25, 0.3) is 13.9 Å². The van der Waals surface area contributed by atoms with E-state index in [4.69, 9.17) is 19.6 Å². The fourth-order valence-corrected chi connectivity index (χ4v) is 10.1. The van der Waals surface area contributed by atoms with Gasteiger partial charge in [0, 0.05) is 0 Å². The lowest BCUT2D eigenvalue weighted by atomic mass is 10.1. The van der Waals surface area contributed by atoms with E-state index < -0.39 is 38.4 Å². The smallest absolute Gasteiger partial charge is 0.280 e. The van der Waals surface area contributed by atoms with Crippen LogP contribution in [0.15, 0.2) is 71.8 Å². The number of fused-ring (bicyclic) bond motifs is 1. The standard InChI is InChI=1S/C28H35N5O6Si/c1-28(2,3)40(18-10-6-4-7-11-18,19-12-8-5-9-13-19)38-16-20-22(35)23(37-15-14-34)26(39-20)33-17-30-21-24(33)31-27(29)32-25(21)36/h4-13,17,20,22-23,26,34-35H,14-16H2,1-3H3,(H3,29,31,32,36)/t20-,22?,23?,26-/m1/s1. The van der Waals surface area contributed by atoms with Crippen LogP contribution in [0.5, 0.6) is 0 Å². The Morgan fingerprint density at radius 1 is 1.10 bits per heavy atom. The van der Waals surface area contributed by atoms with Crippen LogP contribution in [0.1, 0.15) is 27.0 Å². The molecule has 3 heterocycles. The number of aliphatic hydroxyl groups is 2. The van der Waals surface area contributed by atoms with Crippen molar-refractivity contribution < 1.29 is 24.1 Å². The molecule has 5 N–H and O–H groups in total. The quantitative estimate of drug-likeness (QED) is 0.217. The first kappa shape index (κ1) is 28.1. The van der Waals surface area contributed by atoms with E-state index in [0.717, 1.165) is 10.4 Å². The van der Waals surface area contributed by atoms with Gasteiger partial charge in [-0.2, -0.15) is 4.98 Å². The zero-order valence-electron chi connectivity index (χ0n) is 22.7. The van der Waals surface area contributed by atoms with E-state index >= 15 is 0 Å². The molecule has 2 aromatic carbocycles. The summed E-state index contributed by atoms with van der Waals surface area (Å²) in [5.74, 6) is -0.0720. The molecule has 2 unspecified atom stereocenters. The summed E-state index contributed by atoms with van der Waals surface area (Å²) in [5, 5.41) is 22.8. The van der Waals surface area contributed by atoms with Gasteiger partial charge in [-0.25, -0.2) is 4.98 Å². The van der Waals surface area contributed by atoms with Crippen molar-refractivity contribution in [3.63, 3.8) is 0 Å². The summed E-state index contributed by atoms with van der Waals surface area (Å²) in [4.78, 5) is 23.2. The average Bonchev–Trinajstić information content (AvgIpc) is 3.49. The molecular formula is C28H35N5O6Si. The minimum absolute atomic E-state index is 0.0212. The second-order valence-corrected chi connectivity index (χ2v) is 15.2. The molecule has 12 heteroatoms. The minimum atomic E-state index is -2.91. The van der Waals surface area contributed by atoms with Crippen LogP contribution in [0.25, 0.3) is 11.2 Å². The van der Waals surface area contributed by atoms with Gasteiger partial charge in [0.05, 0.1) is 26.1 Å². The van der Waals surface area contributed by atoms with E-state index in [1.165, 1.54) is 10.9 Å². The Morgan fingerprint density at radius 3 is 2.30 bits per heavy atom. The number of nitrogens with two attached hydrogens (primary N) is 1. The number of imidazole rings is 1. The number of H-pyrrole nitrogens is 1. The van der Waals surface area contributed by atoms with E-state index in [-0.39, 0.29) is 42.0 Å². The maximum Gasteiger partial charge on any atom is 0.280 e. The van der Waals surface area contributed by atoms with Crippen molar-refractivity contribution in [3.8, 4) is 0 Å². The number of ether oxygens (including phenoxy) is 2. The highest BCUT2D eigenvalue weighted by atomic mass is 28.4. The summed E-state index contributed by atoms with van der Waals surface area (Å²) in [6, 6.07) is 20.4. The van der Waals surface area contributed by atoms with E-state index in [1.807, 2.05) is 36.4 Å². The molecule has 11 nitrogen and oxygen atoms in total. The first-order valence-electron chi connectivity index (χ1n) is 13.2. The van der Waals surface area contributed by atoms with Crippen LogP contribution in [0.3, 0.4) is 0 Å². The maximum atomic E-state index is 12.4. The lowest BCUT2D eigenvalue weighted by Gasteiger charge is -2.43. The topological polar surface area (TPSA) is 158 Å². The Morgan fingerprint density at radius 2 is 1.73 bits per heavy atom. The van der Waals surface area contributed by atoms with Crippen molar-refractivity contribution in [1.82, 2.24) is 19.5 Å². The summed E-state index contributed by atoms with van der Waals surface area (Å²) in [6.45, 7) is 6.33. The van der Waals surface area contributed by atoms with E-state index in [0.29, 0.717) is 0 Å². The van der Waals surface area contributed by atoms with Crippen LogP contribution in [0, 0.1) is 0 Å². The summed E-state index contributed by atoms with van der Waals surface area (Å²) in [6.07, 6.45) is -2.27. The molecule has 4 atom stereocenters. The van der Waals surface area contributed by atoms with Crippen LogP contribution in [-0.2, 0) is 13.9 Å². The van der Waals surface area contributed by atoms with Crippen molar-refractivity contribution in [1.29, 1.82) is 0 Å². The largest absolute Gasteiger partial charge is 0.405 e. The van der Waals surface area contributed by atoms with E-state index in [2.05, 4.69) is 60.0 Å². The second kappa shape index (κ2) is 11.2. The molecule has 1 aliphatic rings.